The van der Waals surface area contributed by atoms with Crippen LogP contribution in [-0.4, -0.2) is 19.9 Å². The second-order valence-electron chi connectivity index (χ2n) is 4.19. The lowest BCUT2D eigenvalue weighted by atomic mass is 10.2. The summed E-state index contributed by atoms with van der Waals surface area (Å²) in [5.41, 5.74) is 2.70. The van der Waals surface area contributed by atoms with Crippen LogP contribution < -0.4 is 0 Å². The number of hydrogen-bond acceptors (Lipinski definition) is 3. The summed E-state index contributed by atoms with van der Waals surface area (Å²) in [7, 11) is 0. The Hall–Kier alpha value is -2.20. The largest absolute Gasteiger partial charge is 0.392 e. The van der Waals surface area contributed by atoms with Crippen molar-refractivity contribution in [3.63, 3.8) is 0 Å². The summed E-state index contributed by atoms with van der Waals surface area (Å²) < 4.78 is 1.81. The number of benzene rings is 1. The van der Waals surface area contributed by atoms with Gasteiger partial charge in [0.1, 0.15) is 0 Å². The summed E-state index contributed by atoms with van der Waals surface area (Å²) in [6, 6.07) is 11.8. The molecule has 0 aliphatic heterocycles. The van der Waals surface area contributed by atoms with Gasteiger partial charge in [0.15, 0.2) is 5.82 Å². The number of para-hydroxylation sites is 1. The maximum atomic E-state index is 9.15. The SMILES string of the molecule is Cc1nc(-n2ncc3ccccc32)ccc1CO. The molecule has 0 saturated carbocycles. The quantitative estimate of drug-likeness (QED) is 0.746. The van der Waals surface area contributed by atoms with Crippen LogP contribution in [0.15, 0.2) is 42.6 Å². The predicted octanol–water partition coefficient (Wildman–Crippen LogP) is 2.22. The molecule has 0 spiro atoms. The normalized spacial score (nSPS) is 11.0. The van der Waals surface area contributed by atoms with Crippen LogP contribution in [0, 0.1) is 6.92 Å². The molecule has 0 amide bonds. The summed E-state index contributed by atoms with van der Waals surface area (Å²) in [6.07, 6.45) is 1.83. The van der Waals surface area contributed by atoms with Crippen molar-refractivity contribution in [3.8, 4) is 5.82 Å². The molecule has 90 valence electrons. The number of pyridine rings is 1. The molecule has 4 nitrogen and oxygen atoms in total. The van der Waals surface area contributed by atoms with Crippen molar-refractivity contribution in [3.05, 3.63) is 53.9 Å². The van der Waals surface area contributed by atoms with E-state index in [0.29, 0.717) is 0 Å². The Bertz CT molecular complexity index is 703. The second kappa shape index (κ2) is 4.23. The van der Waals surface area contributed by atoms with Gasteiger partial charge in [-0.3, -0.25) is 0 Å². The topological polar surface area (TPSA) is 50.9 Å². The van der Waals surface area contributed by atoms with Crippen LogP contribution in [-0.2, 0) is 6.61 Å². The molecule has 0 saturated heterocycles. The first-order chi connectivity index (χ1) is 8.79. The highest BCUT2D eigenvalue weighted by molar-refractivity contribution is 5.79. The summed E-state index contributed by atoms with van der Waals surface area (Å²) in [4.78, 5) is 4.48. The molecule has 0 aliphatic rings. The first kappa shape index (κ1) is 10.9. The molecule has 2 aromatic heterocycles. The van der Waals surface area contributed by atoms with Crippen LogP contribution in [0.3, 0.4) is 0 Å². The van der Waals surface area contributed by atoms with Crippen molar-refractivity contribution >= 4 is 10.9 Å². The smallest absolute Gasteiger partial charge is 0.154 e. The monoisotopic (exact) mass is 239 g/mol. The first-order valence-corrected chi connectivity index (χ1v) is 5.80. The van der Waals surface area contributed by atoms with Crippen molar-refractivity contribution in [1.82, 2.24) is 14.8 Å². The number of hydrogen-bond donors (Lipinski definition) is 1. The van der Waals surface area contributed by atoms with E-state index in [1.54, 1.807) is 0 Å². The van der Waals surface area contributed by atoms with Crippen LogP contribution in [0.5, 0.6) is 0 Å². The van der Waals surface area contributed by atoms with Crippen LogP contribution in [0.1, 0.15) is 11.3 Å². The second-order valence-corrected chi connectivity index (χ2v) is 4.19. The summed E-state index contributed by atoms with van der Waals surface area (Å²) >= 11 is 0. The molecule has 2 heterocycles. The van der Waals surface area contributed by atoms with E-state index in [2.05, 4.69) is 10.1 Å². The number of nitrogens with zero attached hydrogens (tertiary/aromatic N) is 3. The molecule has 4 heteroatoms. The van der Waals surface area contributed by atoms with Crippen molar-refractivity contribution in [1.29, 1.82) is 0 Å². The molecular weight excluding hydrogens is 226 g/mol. The third-order valence-electron chi connectivity index (χ3n) is 3.05. The lowest BCUT2D eigenvalue weighted by Crippen LogP contribution is -2.02. The van der Waals surface area contributed by atoms with Gasteiger partial charge in [-0.15, -0.1) is 0 Å². The molecule has 0 radical (unpaired) electrons. The fourth-order valence-corrected chi connectivity index (χ4v) is 2.02. The van der Waals surface area contributed by atoms with E-state index in [-0.39, 0.29) is 6.61 Å². The van der Waals surface area contributed by atoms with E-state index in [4.69, 9.17) is 5.11 Å². The van der Waals surface area contributed by atoms with Crippen molar-refractivity contribution in [2.75, 3.05) is 0 Å². The number of fused-ring (bicyclic) bond motifs is 1. The van der Waals surface area contributed by atoms with Gasteiger partial charge in [0.05, 0.1) is 18.3 Å². The molecule has 0 unspecified atom stereocenters. The highest BCUT2D eigenvalue weighted by Gasteiger charge is 2.07. The van der Waals surface area contributed by atoms with Gasteiger partial charge >= 0.3 is 0 Å². The van der Waals surface area contributed by atoms with Crippen LogP contribution >= 0.6 is 0 Å². The fraction of sp³-hybridized carbons (Fsp3) is 0.143. The first-order valence-electron chi connectivity index (χ1n) is 5.80. The van der Waals surface area contributed by atoms with E-state index in [0.717, 1.165) is 28.0 Å². The van der Waals surface area contributed by atoms with Gasteiger partial charge in [0.2, 0.25) is 0 Å². The maximum absolute atomic E-state index is 9.15. The number of aryl methyl sites for hydroxylation is 1. The third kappa shape index (κ3) is 1.67. The van der Waals surface area contributed by atoms with E-state index in [1.165, 1.54) is 0 Å². The third-order valence-corrected chi connectivity index (χ3v) is 3.05. The predicted molar refractivity (Wildman–Crippen MR) is 69.5 cm³/mol. The molecule has 1 aromatic carbocycles. The molecule has 0 bridgehead atoms. The summed E-state index contributed by atoms with van der Waals surface area (Å²) in [6.45, 7) is 1.90. The zero-order valence-electron chi connectivity index (χ0n) is 10.0. The Labute approximate surface area is 105 Å². The molecule has 0 atom stereocenters. The average molecular weight is 239 g/mol. The lowest BCUT2D eigenvalue weighted by Gasteiger charge is -2.06. The van der Waals surface area contributed by atoms with Crippen molar-refractivity contribution in [2.45, 2.75) is 13.5 Å². The Balaban J connectivity index is 2.17. The molecule has 0 fully saturated rings. The van der Waals surface area contributed by atoms with Gasteiger partial charge < -0.3 is 5.11 Å². The molecule has 3 aromatic rings. The summed E-state index contributed by atoms with van der Waals surface area (Å²) in [5, 5.41) is 14.6. The highest BCUT2D eigenvalue weighted by Crippen LogP contribution is 2.17. The molecule has 18 heavy (non-hydrogen) atoms. The van der Waals surface area contributed by atoms with Gasteiger partial charge in [-0.1, -0.05) is 24.3 Å². The molecule has 0 aliphatic carbocycles. The Kier molecular flexibility index (Phi) is 2.57. The molecule has 3 rings (SSSR count). The van der Waals surface area contributed by atoms with Crippen LogP contribution in [0.25, 0.3) is 16.7 Å². The van der Waals surface area contributed by atoms with Gasteiger partial charge in [-0.05, 0) is 24.6 Å². The molecular formula is C14H13N3O. The van der Waals surface area contributed by atoms with E-state index >= 15 is 0 Å². The zero-order chi connectivity index (χ0) is 12.5. The van der Waals surface area contributed by atoms with Gasteiger partial charge in [0, 0.05) is 11.1 Å². The standard InChI is InChI=1S/C14H13N3O/c1-10-12(9-18)6-7-14(16-10)17-13-5-3-2-4-11(13)8-15-17/h2-8,18H,9H2,1H3. The van der Waals surface area contributed by atoms with Gasteiger partial charge in [-0.2, -0.15) is 5.10 Å². The van der Waals surface area contributed by atoms with Gasteiger partial charge in [-0.25, -0.2) is 9.67 Å². The number of rotatable bonds is 2. The van der Waals surface area contributed by atoms with Crippen LogP contribution in [0.2, 0.25) is 0 Å². The minimum atomic E-state index is 0.0129. The van der Waals surface area contributed by atoms with E-state index in [1.807, 2.05) is 54.2 Å². The lowest BCUT2D eigenvalue weighted by molar-refractivity contribution is 0.280. The maximum Gasteiger partial charge on any atom is 0.154 e. The minimum Gasteiger partial charge on any atom is -0.392 e. The van der Waals surface area contributed by atoms with Gasteiger partial charge in [0.25, 0.3) is 0 Å². The summed E-state index contributed by atoms with van der Waals surface area (Å²) in [5.74, 6) is 0.769. The van der Waals surface area contributed by atoms with Crippen molar-refractivity contribution in [2.24, 2.45) is 0 Å². The fourth-order valence-electron chi connectivity index (χ4n) is 2.02. The number of aromatic nitrogens is 3. The average Bonchev–Trinajstić information content (AvgIpc) is 2.82. The Morgan fingerprint density at radius 3 is 2.78 bits per heavy atom. The Morgan fingerprint density at radius 2 is 2.00 bits per heavy atom. The number of aliphatic hydroxyl groups is 1. The Morgan fingerprint density at radius 1 is 1.17 bits per heavy atom. The van der Waals surface area contributed by atoms with E-state index in [9.17, 15) is 0 Å². The van der Waals surface area contributed by atoms with E-state index < -0.39 is 0 Å². The zero-order valence-corrected chi connectivity index (χ0v) is 10.0. The number of aliphatic hydroxyl groups excluding tert-OH is 1. The molecule has 1 N–H and O–H groups in total. The van der Waals surface area contributed by atoms with Crippen molar-refractivity contribution < 1.29 is 5.11 Å². The minimum absolute atomic E-state index is 0.0129. The van der Waals surface area contributed by atoms with Crippen LogP contribution in [0.4, 0.5) is 0 Å². The highest BCUT2D eigenvalue weighted by atomic mass is 16.3.